The Bertz CT molecular complexity index is 983. The molecular weight excluding hydrogens is 354 g/mol. The van der Waals surface area contributed by atoms with Crippen molar-refractivity contribution in [2.24, 2.45) is 0 Å². The molecule has 0 unspecified atom stereocenters. The van der Waals surface area contributed by atoms with Gasteiger partial charge in [-0.2, -0.15) is 0 Å². The van der Waals surface area contributed by atoms with Crippen LogP contribution in [0.25, 0.3) is 22.1 Å². The fourth-order valence-corrected chi connectivity index (χ4v) is 3.75. The first-order chi connectivity index (χ1) is 12.5. The summed E-state index contributed by atoms with van der Waals surface area (Å²) in [7, 11) is 0. The van der Waals surface area contributed by atoms with Gasteiger partial charge in [-0.3, -0.25) is 4.79 Å². The van der Waals surface area contributed by atoms with E-state index in [1.54, 1.807) is 21.6 Å². The van der Waals surface area contributed by atoms with Crippen LogP contribution in [0.15, 0.2) is 28.9 Å². The number of hydrogen-bond donors (Lipinski definition) is 1. The summed E-state index contributed by atoms with van der Waals surface area (Å²) in [6.07, 6.45) is 3.91. The van der Waals surface area contributed by atoms with Gasteiger partial charge in [0, 0.05) is 42.3 Å². The maximum atomic E-state index is 12.4. The fraction of sp³-hybridized carbons (Fsp3) is 0.368. The van der Waals surface area contributed by atoms with Gasteiger partial charge in [0.05, 0.1) is 10.4 Å². The molecule has 2 aromatic heterocycles. The predicted octanol–water partition coefficient (Wildman–Crippen LogP) is 4.47. The highest BCUT2D eigenvalue weighted by Crippen LogP contribution is 2.38. The lowest BCUT2D eigenvalue weighted by Gasteiger charge is -2.12. The van der Waals surface area contributed by atoms with Crippen molar-refractivity contribution in [1.82, 2.24) is 14.6 Å². The zero-order chi connectivity index (χ0) is 18.4. The minimum atomic E-state index is -0.103. The Kier molecular flexibility index (Phi) is 4.15. The fourth-order valence-electron chi connectivity index (χ4n) is 3.44. The van der Waals surface area contributed by atoms with Crippen molar-refractivity contribution in [1.29, 1.82) is 0 Å². The predicted molar refractivity (Wildman–Crippen MR) is 99.6 cm³/mol. The summed E-state index contributed by atoms with van der Waals surface area (Å²) in [5.41, 5.74) is 1.03. The van der Waals surface area contributed by atoms with Crippen molar-refractivity contribution < 1.29 is 14.4 Å². The lowest BCUT2D eigenvalue weighted by Crippen LogP contribution is -2.27. The summed E-state index contributed by atoms with van der Waals surface area (Å²) < 4.78 is 7.16. The quantitative estimate of drug-likeness (QED) is 0.735. The van der Waals surface area contributed by atoms with Gasteiger partial charge in [-0.1, -0.05) is 16.8 Å². The number of aromatic hydroxyl groups is 1. The van der Waals surface area contributed by atoms with Crippen LogP contribution < -0.4 is 0 Å². The topological polar surface area (TPSA) is 71.5 Å². The number of carbonyl (C=O) groups excluding carboxylic acids is 1. The van der Waals surface area contributed by atoms with Gasteiger partial charge in [0.1, 0.15) is 0 Å². The molecule has 0 radical (unpaired) electrons. The van der Waals surface area contributed by atoms with E-state index < -0.39 is 0 Å². The molecule has 1 saturated heterocycles. The molecule has 6 nitrogen and oxygen atoms in total. The molecule has 7 heteroatoms. The standard InChI is InChI=1S/C19H20ClN3O3/c1-11(2)23-10-13-7-12(8-14(20)17(13)19(23)25)16-9-15(21-26-16)18(24)22-5-3-4-6-22/h7-11,25H,3-6H2,1-2H3. The molecule has 1 N–H and O–H groups in total. The van der Waals surface area contributed by atoms with Crippen LogP contribution >= 0.6 is 11.6 Å². The van der Waals surface area contributed by atoms with E-state index >= 15 is 0 Å². The van der Waals surface area contributed by atoms with Crippen molar-refractivity contribution >= 4 is 28.3 Å². The number of aromatic nitrogens is 2. The van der Waals surface area contributed by atoms with E-state index in [1.807, 2.05) is 26.1 Å². The molecule has 0 atom stereocenters. The normalized spacial score (nSPS) is 14.7. The Hall–Kier alpha value is -2.47. The number of amides is 1. The van der Waals surface area contributed by atoms with Gasteiger partial charge in [0.2, 0.25) is 5.88 Å². The second kappa shape index (κ2) is 6.36. The van der Waals surface area contributed by atoms with E-state index in [4.69, 9.17) is 16.1 Å². The Morgan fingerprint density at radius 2 is 2.00 bits per heavy atom. The van der Waals surface area contributed by atoms with Crippen LogP contribution in [0.5, 0.6) is 5.88 Å². The van der Waals surface area contributed by atoms with Gasteiger partial charge in [0.15, 0.2) is 11.5 Å². The molecule has 0 saturated carbocycles. The van der Waals surface area contributed by atoms with Crippen molar-refractivity contribution in [2.45, 2.75) is 32.7 Å². The molecule has 26 heavy (non-hydrogen) atoms. The Labute approximate surface area is 155 Å². The summed E-state index contributed by atoms with van der Waals surface area (Å²) in [4.78, 5) is 14.2. The lowest BCUT2D eigenvalue weighted by molar-refractivity contribution is 0.0782. The summed E-state index contributed by atoms with van der Waals surface area (Å²) in [6, 6.07) is 5.36. The van der Waals surface area contributed by atoms with Crippen LogP contribution in [-0.4, -0.2) is 38.7 Å². The average molecular weight is 374 g/mol. The van der Waals surface area contributed by atoms with E-state index in [-0.39, 0.29) is 17.8 Å². The Morgan fingerprint density at radius 1 is 1.27 bits per heavy atom. The smallest absolute Gasteiger partial charge is 0.276 e. The molecule has 3 aromatic rings. The van der Waals surface area contributed by atoms with Gasteiger partial charge < -0.3 is 19.1 Å². The average Bonchev–Trinajstić information content (AvgIpc) is 3.34. The highest BCUT2D eigenvalue weighted by atomic mass is 35.5. The second-order valence-electron chi connectivity index (χ2n) is 6.95. The largest absolute Gasteiger partial charge is 0.494 e. The molecule has 1 aromatic carbocycles. The number of fused-ring (bicyclic) bond motifs is 1. The summed E-state index contributed by atoms with van der Waals surface area (Å²) in [6.45, 7) is 5.50. The van der Waals surface area contributed by atoms with E-state index in [9.17, 15) is 9.90 Å². The zero-order valence-electron chi connectivity index (χ0n) is 14.7. The van der Waals surface area contributed by atoms with Crippen LogP contribution in [0, 0.1) is 0 Å². The molecule has 0 aliphatic carbocycles. The molecule has 0 spiro atoms. The summed E-state index contributed by atoms with van der Waals surface area (Å²) in [5.74, 6) is 0.524. The lowest BCUT2D eigenvalue weighted by atomic mass is 10.1. The number of halogens is 1. The number of likely N-dealkylation sites (tertiary alicyclic amines) is 1. The number of nitrogens with zero attached hydrogens (tertiary/aromatic N) is 3. The van der Waals surface area contributed by atoms with Crippen molar-refractivity contribution in [3.05, 3.63) is 35.1 Å². The van der Waals surface area contributed by atoms with Gasteiger partial charge in [-0.25, -0.2) is 0 Å². The maximum Gasteiger partial charge on any atom is 0.276 e. The minimum Gasteiger partial charge on any atom is -0.494 e. The van der Waals surface area contributed by atoms with Gasteiger partial charge in [-0.15, -0.1) is 0 Å². The molecule has 4 rings (SSSR count). The van der Waals surface area contributed by atoms with Crippen molar-refractivity contribution in [3.63, 3.8) is 0 Å². The SMILES string of the molecule is CC(C)n1cc2cc(-c3cc(C(=O)N4CCCC4)no3)cc(Cl)c2c1O. The number of rotatable bonds is 3. The highest BCUT2D eigenvalue weighted by Gasteiger charge is 2.23. The van der Waals surface area contributed by atoms with Gasteiger partial charge in [-0.05, 0) is 38.8 Å². The van der Waals surface area contributed by atoms with Crippen LogP contribution in [0.1, 0.15) is 43.2 Å². The van der Waals surface area contributed by atoms with Gasteiger partial charge in [0.25, 0.3) is 5.91 Å². The number of benzene rings is 1. The minimum absolute atomic E-state index is 0.103. The van der Waals surface area contributed by atoms with Crippen LogP contribution in [-0.2, 0) is 0 Å². The summed E-state index contributed by atoms with van der Waals surface area (Å²) >= 11 is 6.40. The molecule has 136 valence electrons. The third kappa shape index (κ3) is 2.74. The zero-order valence-corrected chi connectivity index (χ0v) is 15.5. The molecule has 1 amide bonds. The van der Waals surface area contributed by atoms with Crippen LogP contribution in [0.3, 0.4) is 0 Å². The first kappa shape index (κ1) is 17.0. The number of hydrogen-bond acceptors (Lipinski definition) is 4. The third-order valence-electron chi connectivity index (χ3n) is 4.83. The Morgan fingerprint density at radius 3 is 2.69 bits per heavy atom. The van der Waals surface area contributed by atoms with E-state index in [0.29, 0.717) is 21.9 Å². The second-order valence-corrected chi connectivity index (χ2v) is 7.36. The van der Waals surface area contributed by atoms with Crippen LogP contribution in [0.2, 0.25) is 5.02 Å². The van der Waals surface area contributed by atoms with Crippen molar-refractivity contribution in [2.75, 3.05) is 13.1 Å². The number of carbonyl (C=O) groups is 1. The molecule has 1 aliphatic rings. The third-order valence-corrected chi connectivity index (χ3v) is 5.13. The molecule has 3 heterocycles. The molecule has 1 fully saturated rings. The van der Waals surface area contributed by atoms with E-state index in [1.165, 1.54) is 0 Å². The Balaban J connectivity index is 1.72. The van der Waals surface area contributed by atoms with E-state index in [2.05, 4.69) is 5.16 Å². The van der Waals surface area contributed by atoms with Crippen LogP contribution in [0.4, 0.5) is 0 Å². The van der Waals surface area contributed by atoms with Crippen molar-refractivity contribution in [3.8, 4) is 17.2 Å². The van der Waals surface area contributed by atoms with E-state index in [0.717, 1.165) is 36.9 Å². The molecular formula is C19H20ClN3O3. The first-order valence-corrected chi connectivity index (χ1v) is 9.13. The highest BCUT2D eigenvalue weighted by molar-refractivity contribution is 6.36. The van der Waals surface area contributed by atoms with Gasteiger partial charge >= 0.3 is 0 Å². The monoisotopic (exact) mass is 373 g/mol. The first-order valence-electron chi connectivity index (χ1n) is 8.75. The molecule has 0 bridgehead atoms. The maximum absolute atomic E-state index is 12.4. The molecule has 1 aliphatic heterocycles. The summed E-state index contributed by atoms with van der Waals surface area (Å²) in [5, 5.41) is 16.2.